The van der Waals surface area contributed by atoms with Crippen molar-refractivity contribution < 1.29 is 27.1 Å². The smallest absolute Gasteiger partial charge is 0.254 e. The fraction of sp³-hybridized carbons (Fsp3) is 0.125. The molecule has 0 atom stereocenters. The molecule has 0 bridgehead atoms. The predicted octanol–water partition coefficient (Wildman–Crippen LogP) is 0.850. The van der Waals surface area contributed by atoms with Gasteiger partial charge in [-0.05, 0) is 30.3 Å². The highest BCUT2D eigenvalue weighted by atomic mass is 32.2. The first-order chi connectivity index (χ1) is 12.2. The second-order valence-corrected chi connectivity index (χ2v) is 6.65. The van der Waals surface area contributed by atoms with Gasteiger partial charge in [-0.25, -0.2) is 17.9 Å². The molecule has 10 heteroatoms. The first kappa shape index (κ1) is 19.3. The number of carbonyl (C=O) groups excluding carboxylic acids is 2. The Kier molecular flexibility index (Phi) is 5.90. The van der Waals surface area contributed by atoms with Crippen molar-refractivity contribution in [3.8, 4) is 5.75 Å². The number of nitrogens with two attached hydrogens (primary N) is 1. The van der Waals surface area contributed by atoms with E-state index in [9.17, 15) is 22.4 Å². The molecule has 26 heavy (non-hydrogen) atoms. The standard InChI is InChI=1S/C16H16FN3O5S/c1-25-13-7-6-10(8-14(13)26(18,23)24)20-15(21)9-19-16(22)11-4-2-3-5-12(11)17/h2-8H,9H2,1H3,(H,19,22)(H,20,21)(H2,18,23,24). The zero-order valence-corrected chi connectivity index (χ0v) is 14.5. The SMILES string of the molecule is COc1ccc(NC(=O)CNC(=O)c2ccccc2F)cc1S(N)(=O)=O. The molecule has 2 amide bonds. The molecule has 0 heterocycles. The maximum absolute atomic E-state index is 13.5. The van der Waals surface area contributed by atoms with Crippen LogP contribution in [0, 0.1) is 5.82 Å². The van der Waals surface area contributed by atoms with Crippen molar-refractivity contribution in [1.29, 1.82) is 0 Å². The molecule has 2 aromatic carbocycles. The maximum atomic E-state index is 13.5. The number of primary sulfonamides is 1. The van der Waals surface area contributed by atoms with Crippen LogP contribution in [-0.2, 0) is 14.8 Å². The van der Waals surface area contributed by atoms with E-state index >= 15 is 0 Å². The van der Waals surface area contributed by atoms with E-state index in [0.717, 1.165) is 12.1 Å². The Labute approximate surface area is 149 Å². The lowest BCUT2D eigenvalue weighted by atomic mass is 10.2. The van der Waals surface area contributed by atoms with E-state index in [1.54, 1.807) is 0 Å². The van der Waals surface area contributed by atoms with Gasteiger partial charge in [-0.3, -0.25) is 9.59 Å². The van der Waals surface area contributed by atoms with Gasteiger partial charge in [0.05, 0.1) is 19.2 Å². The van der Waals surface area contributed by atoms with Gasteiger partial charge >= 0.3 is 0 Å². The van der Waals surface area contributed by atoms with Crippen molar-refractivity contribution in [2.75, 3.05) is 19.0 Å². The maximum Gasteiger partial charge on any atom is 0.254 e. The minimum Gasteiger partial charge on any atom is -0.495 e. The fourth-order valence-corrected chi connectivity index (χ4v) is 2.81. The van der Waals surface area contributed by atoms with Crippen LogP contribution in [0.2, 0.25) is 0 Å². The van der Waals surface area contributed by atoms with E-state index in [2.05, 4.69) is 10.6 Å². The molecule has 0 aliphatic heterocycles. The van der Waals surface area contributed by atoms with Crippen molar-refractivity contribution in [3.05, 3.63) is 53.8 Å². The number of hydrogen-bond donors (Lipinski definition) is 3. The Bertz CT molecular complexity index is 947. The van der Waals surface area contributed by atoms with Gasteiger partial charge in [0, 0.05) is 5.69 Å². The molecule has 0 fully saturated rings. The highest BCUT2D eigenvalue weighted by Crippen LogP contribution is 2.25. The fourth-order valence-electron chi connectivity index (χ4n) is 2.08. The molecule has 0 radical (unpaired) electrons. The Morgan fingerprint density at radius 1 is 1.19 bits per heavy atom. The zero-order valence-electron chi connectivity index (χ0n) is 13.7. The van der Waals surface area contributed by atoms with Crippen molar-refractivity contribution in [1.82, 2.24) is 5.32 Å². The van der Waals surface area contributed by atoms with Crippen LogP contribution in [0.5, 0.6) is 5.75 Å². The van der Waals surface area contributed by atoms with Crippen molar-refractivity contribution in [2.24, 2.45) is 5.14 Å². The Balaban J connectivity index is 2.04. The number of sulfonamides is 1. The molecule has 4 N–H and O–H groups in total. The topological polar surface area (TPSA) is 128 Å². The van der Waals surface area contributed by atoms with Gasteiger partial charge in [-0.15, -0.1) is 0 Å². The summed E-state index contributed by atoms with van der Waals surface area (Å²) >= 11 is 0. The second-order valence-electron chi connectivity index (χ2n) is 5.12. The number of carbonyl (C=O) groups is 2. The molecule has 0 unspecified atom stereocenters. The summed E-state index contributed by atoms with van der Waals surface area (Å²) in [5.74, 6) is -2.07. The van der Waals surface area contributed by atoms with E-state index < -0.39 is 34.2 Å². The number of anilines is 1. The summed E-state index contributed by atoms with van der Waals surface area (Å²) in [6.45, 7) is -0.441. The second kappa shape index (κ2) is 7.93. The van der Waals surface area contributed by atoms with Crippen molar-refractivity contribution in [3.63, 3.8) is 0 Å². The Morgan fingerprint density at radius 2 is 1.88 bits per heavy atom. The van der Waals surface area contributed by atoms with Crippen LogP contribution in [-0.4, -0.2) is 33.9 Å². The van der Waals surface area contributed by atoms with E-state index in [1.807, 2.05) is 0 Å². The number of amides is 2. The largest absolute Gasteiger partial charge is 0.495 e. The molecule has 138 valence electrons. The minimum atomic E-state index is -4.06. The molecular formula is C16H16FN3O5S. The van der Waals surface area contributed by atoms with E-state index in [1.165, 1.54) is 37.4 Å². The number of hydrogen-bond acceptors (Lipinski definition) is 5. The number of rotatable bonds is 6. The van der Waals surface area contributed by atoms with Crippen LogP contribution in [0.3, 0.4) is 0 Å². The minimum absolute atomic E-state index is 0.0263. The molecular weight excluding hydrogens is 365 g/mol. The van der Waals surface area contributed by atoms with Crippen LogP contribution >= 0.6 is 0 Å². The summed E-state index contributed by atoms with van der Waals surface area (Å²) in [4.78, 5) is 23.5. The lowest BCUT2D eigenvalue weighted by Gasteiger charge is -2.11. The monoisotopic (exact) mass is 381 g/mol. The average molecular weight is 381 g/mol. The van der Waals surface area contributed by atoms with Crippen molar-refractivity contribution in [2.45, 2.75) is 4.90 Å². The first-order valence-electron chi connectivity index (χ1n) is 7.26. The van der Waals surface area contributed by atoms with Crippen LogP contribution in [0.1, 0.15) is 10.4 Å². The van der Waals surface area contributed by atoms with E-state index in [0.29, 0.717) is 0 Å². The summed E-state index contributed by atoms with van der Waals surface area (Å²) in [6.07, 6.45) is 0. The number of nitrogens with one attached hydrogen (secondary N) is 2. The van der Waals surface area contributed by atoms with Gasteiger partial charge in [-0.1, -0.05) is 12.1 Å². The van der Waals surface area contributed by atoms with Gasteiger partial charge in [0.15, 0.2) is 0 Å². The lowest BCUT2D eigenvalue weighted by molar-refractivity contribution is -0.115. The van der Waals surface area contributed by atoms with Gasteiger partial charge < -0.3 is 15.4 Å². The molecule has 0 aromatic heterocycles. The molecule has 8 nitrogen and oxygen atoms in total. The molecule has 0 saturated carbocycles. The highest BCUT2D eigenvalue weighted by Gasteiger charge is 2.17. The average Bonchev–Trinajstić information content (AvgIpc) is 2.59. The molecule has 0 saturated heterocycles. The van der Waals surface area contributed by atoms with Crippen molar-refractivity contribution >= 4 is 27.5 Å². The van der Waals surface area contributed by atoms with Crippen LogP contribution < -0.4 is 20.5 Å². The summed E-state index contributed by atoms with van der Waals surface area (Å²) in [5.41, 5.74) is -0.0544. The van der Waals surface area contributed by atoms with Crippen LogP contribution in [0.25, 0.3) is 0 Å². The summed E-state index contributed by atoms with van der Waals surface area (Å²) < 4.78 is 41.5. The third-order valence-electron chi connectivity index (χ3n) is 3.28. The number of methoxy groups -OCH3 is 1. The Morgan fingerprint density at radius 3 is 2.50 bits per heavy atom. The number of ether oxygens (including phenoxy) is 1. The van der Waals surface area contributed by atoms with Gasteiger partial charge in [0.25, 0.3) is 5.91 Å². The summed E-state index contributed by atoms with van der Waals surface area (Å²) in [7, 11) is -2.78. The molecule has 0 spiro atoms. The first-order valence-corrected chi connectivity index (χ1v) is 8.80. The van der Waals surface area contributed by atoms with E-state index in [-0.39, 0.29) is 21.9 Å². The van der Waals surface area contributed by atoms with Gasteiger partial charge in [0.1, 0.15) is 16.5 Å². The highest BCUT2D eigenvalue weighted by molar-refractivity contribution is 7.89. The zero-order chi connectivity index (χ0) is 19.3. The third-order valence-corrected chi connectivity index (χ3v) is 4.21. The molecule has 2 aromatic rings. The quantitative estimate of drug-likeness (QED) is 0.683. The van der Waals surface area contributed by atoms with E-state index in [4.69, 9.17) is 9.88 Å². The number of benzene rings is 2. The van der Waals surface area contributed by atoms with Crippen LogP contribution in [0.15, 0.2) is 47.4 Å². The lowest BCUT2D eigenvalue weighted by Crippen LogP contribution is -2.33. The number of halogens is 1. The third kappa shape index (κ3) is 4.77. The summed E-state index contributed by atoms with van der Waals surface area (Å²) in [5, 5.41) is 9.77. The molecule has 2 rings (SSSR count). The molecule has 0 aliphatic rings. The predicted molar refractivity (Wildman–Crippen MR) is 91.7 cm³/mol. The van der Waals surface area contributed by atoms with Gasteiger partial charge in [-0.2, -0.15) is 0 Å². The van der Waals surface area contributed by atoms with Crippen LogP contribution in [0.4, 0.5) is 10.1 Å². The normalized spacial score (nSPS) is 10.9. The summed E-state index contributed by atoms with van der Waals surface area (Å²) in [6, 6.07) is 9.20. The van der Waals surface area contributed by atoms with Gasteiger partial charge in [0.2, 0.25) is 15.9 Å². The molecule has 0 aliphatic carbocycles. The Hall–Kier alpha value is -2.98.